The first kappa shape index (κ1) is 13.0. The Labute approximate surface area is 100 Å². The fourth-order valence-electron chi connectivity index (χ4n) is 1.35. The van der Waals surface area contributed by atoms with Crippen LogP contribution in [0, 0.1) is 5.82 Å². The van der Waals surface area contributed by atoms with E-state index < -0.39 is 0 Å². The van der Waals surface area contributed by atoms with E-state index in [1.165, 1.54) is 6.07 Å². The number of hydrogen-bond acceptors (Lipinski definition) is 1. The number of rotatable bonds is 2. The van der Waals surface area contributed by atoms with Crippen LogP contribution in [0.1, 0.15) is 26.3 Å². The summed E-state index contributed by atoms with van der Waals surface area (Å²) in [5.41, 5.74) is 5.89. The number of hydrogen-bond donors (Lipinski definition) is 1. The second-order valence-corrected chi connectivity index (χ2v) is 5.06. The van der Waals surface area contributed by atoms with Gasteiger partial charge in [0.25, 0.3) is 0 Å². The molecule has 4 heteroatoms. The van der Waals surface area contributed by atoms with Gasteiger partial charge in [0.05, 0.1) is 11.4 Å². The van der Waals surface area contributed by atoms with Crippen molar-refractivity contribution in [2.45, 2.75) is 32.7 Å². The third-order valence-electron chi connectivity index (χ3n) is 1.90. The summed E-state index contributed by atoms with van der Waals surface area (Å²) in [6.07, 6.45) is 0.239. The molecule has 0 amide bonds. The maximum atomic E-state index is 13.4. The third-order valence-corrected chi connectivity index (χ3v) is 2.25. The average Bonchev–Trinajstić information content (AvgIpc) is 2.08. The molecule has 1 rings (SSSR count). The Morgan fingerprint density at radius 2 is 2.06 bits per heavy atom. The van der Waals surface area contributed by atoms with Gasteiger partial charge >= 0.3 is 0 Å². The number of halogens is 2. The van der Waals surface area contributed by atoms with Crippen LogP contribution in [0.4, 0.5) is 4.39 Å². The van der Waals surface area contributed by atoms with Crippen LogP contribution < -0.4 is 5.73 Å². The van der Waals surface area contributed by atoms with Crippen LogP contribution in [-0.4, -0.2) is 11.4 Å². The summed E-state index contributed by atoms with van der Waals surface area (Å²) >= 11 is 5.89. The quantitative estimate of drug-likeness (QED) is 0.628. The minimum Gasteiger partial charge on any atom is -0.387 e. The molecular formula is C12H16ClFN2. The maximum absolute atomic E-state index is 13.4. The molecule has 0 bridgehead atoms. The zero-order chi connectivity index (χ0) is 12.3. The molecule has 0 heterocycles. The molecule has 16 heavy (non-hydrogen) atoms. The molecule has 0 aliphatic carbocycles. The zero-order valence-electron chi connectivity index (χ0n) is 9.72. The Morgan fingerprint density at radius 1 is 1.44 bits per heavy atom. The second kappa shape index (κ2) is 4.83. The summed E-state index contributed by atoms with van der Waals surface area (Å²) < 4.78 is 13.4. The standard InChI is InChI=1S/C12H16ClFN2/c1-12(2,3)16-11(15)7-8-9(13)5-4-6-10(8)14/h4-6H,7H2,1-3H3,(H2,15,16). The van der Waals surface area contributed by atoms with E-state index in [0.29, 0.717) is 16.4 Å². The Kier molecular flexibility index (Phi) is 3.92. The van der Waals surface area contributed by atoms with E-state index in [4.69, 9.17) is 17.3 Å². The van der Waals surface area contributed by atoms with E-state index in [2.05, 4.69) is 4.99 Å². The smallest absolute Gasteiger partial charge is 0.128 e. The van der Waals surface area contributed by atoms with Crippen LogP contribution in [-0.2, 0) is 6.42 Å². The van der Waals surface area contributed by atoms with E-state index in [9.17, 15) is 4.39 Å². The van der Waals surface area contributed by atoms with Gasteiger partial charge in [-0.1, -0.05) is 17.7 Å². The third kappa shape index (κ3) is 3.81. The largest absolute Gasteiger partial charge is 0.387 e. The average molecular weight is 243 g/mol. The lowest BCUT2D eigenvalue weighted by Gasteiger charge is -2.14. The van der Waals surface area contributed by atoms with Crippen molar-refractivity contribution in [3.05, 3.63) is 34.6 Å². The van der Waals surface area contributed by atoms with Gasteiger partial charge in [0.15, 0.2) is 0 Å². The summed E-state index contributed by atoms with van der Waals surface area (Å²) in [5, 5.41) is 0.382. The molecule has 88 valence electrons. The highest BCUT2D eigenvalue weighted by Crippen LogP contribution is 2.19. The van der Waals surface area contributed by atoms with Gasteiger partial charge in [-0.15, -0.1) is 0 Å². The fourth-order valence-corrected chi connectivity index (χ4v) is 1.58. The van der Waals surface area contributed by atoms with Crippen molar-refractivity contribution in [1.82, 2.24) is 0 Å². The molecule has 0 atom stereocenters. The van der Waals surface area contributed by atoms with Gasteiger partial charge < -0.3 is 5.73 Å². The molecule has 0 fully saturated rings. The Hall–Kier alpha value is -1.09. The Bertz CT molecular complexity index is 388. The summed E-state index contributed by atoms with van der Waals surface area (Å²) in [6, 6.07) is 4.58. The first-order chi connectivity index (χ1) is 7.29. The molecule has 2 N–H and O–H groups in total. The van der Waals surface area contributed by atoms with Crippen LogP contribution in [0.5, 0.6) is 0 Å². The lowest BCUT2D eigenvalue weighted by atomic mass is 10.1. The second-order valence-electron chi connectivity index (χ2n) is 4.65. The van der Waals surface area contributed by atoms with Crippen molar-refractivity contribution < 1.29 is 4.39 Å². The predicted molar refractivity (Wildman–Crippen MR) is 66.5 cm³/mol. The van der Waals surface area contributed by atoms with Crippen molar-refractivity contribution in [2.75, 3.05) is 0 Å². The number of aliphatic imine (C=N–C) groups is 1. The summed E-state index contributed by atoms with van der Waals surface area (Å²) in [5.74, 6) is 0.0408. The first-order valence-corrected chi connectivity index (χ1v) is 5.44. The van der Waals surface area contributed by atoms with Gasteiger partial charge in [0.2, 0.25) is 0 Å². The molecule has 1 aromatic carbocycles. The molecule has 0 unspecified atom stereocenters. The number of nitrogens with zero attached hydrogens (tertiary/aromatic N) is 1. The Morgan fingerprint density at radius 3 is 2.56 bits per heavy atom. The maximum Gasteiger partial charge on any atom is 0.128 e. The minimum absolute atomic E-state index is 0.239. The summed E-state index contributed by atoms with van der Waals surface area (Å²) in [7, 11) is 0. The van der Waals surface area contributed by atoms with Crippen molar-refractivity contribution >= 4 is 17.4 Å². The van der Waals surface area contributed by atoms with Gasteiger partial charge in [0, 0.05) is 17.0 Å². The fraction of sp³-hybridized carbons (Fsp3) is 0.417. The normalized spacial score (nSPS) is 12.9. The number of nitrogens with two attached hydrogens (primary N) is 1. The van der Waals surface area contributed by atoms with E-state index in [0.717, 1.165) is 0 Å². The van der Waals surface area contributed by atoms with Gasteiger partial charge in [-0.3, -0.25) is 4.99 Å². The van der Waals surface area contributed by atoms with Crippen molar-refractivity contribution in [1.29, 1.82) is 0 Å². The van der Waals surface area contributed by atoms with Gasteiger partial charge in [-0.2, -0.15) is 0 Å². The monoisotopic (exact) mass is 242 g/mol. The molecule has 0 saturated carbocycles. The van der Waals surface area contributed by atoms with Crippen LogP contribution in [0.15, 0.2) is 23.2 Å². The summed E-state index contributed by atoms with van der Waals surface area (Å²) in [4.78, 5) is 4.26. The molecule has 2 nitrogen and oxygen atoms in total. The number of amidine groups is 1. The van der Waals surface area contributed by atoms with Gasteiger partial charge in [0.1, 0.15) is 5.82 Å². The number of benzene rings is 1. The molecule has 0 saturated heterocycles. The lowest BCUT2D eigenvalue weighted by molar-refractivity contribution is 0.580. The molecule has 0 spiro atoms. The highest BCUT2D eigenvalue weighted by molar-refractivity contribution is 6.31. The molecule has 0 aromatic heterocycles. The SMILES string of the molecule is CC(C)(C)N=C(N)Cc1c(F)cccc1Cl. The van der Waals surface area contributed by atoms with Crippen LogP contribution in [0.3, 0.4) is 0 Å². The van der Waals surface area contributed by atoms with E-state index in [-0.39, 0.29) is 17.8 Å². The van der Waals surface area contributed by atoms with Crippen LogP contribution >= 0.6 is 11.6 Å². The van der Waals surface area contributed by atoms with E-state index in [1.807, 2.05) is 20.8 Å². The molecule has 0 aliphatic rings. The highest BCUT2D eigenvalue weighted by atomic mass is 35.5. The summed E-state index contributed by atoms with van der Waals surface area (Å²) in [6.45, 7) is 5.80. The Balaban J connectivity index is 2.93. The van der Waals surface area contributed by atoms with E-state index >= 15 is 0 Å². The highest BCUT2D eigenvalue weighted by Gasteiger charge is 2.12. The van der Waals surface area contributed by atoms with E-state index in [1.54, 1.807) is 12.1 Å². The van der Waals surface area contributed by atoms with Gasteiger partial charge in [-0.05, 0) is 32.9 Å². The first-order valence-electron chi connectivity index (χ1n) is 5.06. The van der Waals surface area contributed by atoms with Crippen LogP contribution in [0.25, 0.3) is 0 Å². The molecule has 0 radical (unpaired) electrons. The lowest BCUT2D eigenvalue weighted by Crippen LogP contribution is -2.22. The van der Waals surface area contributed by atoms with Crippen molar-refractivity contribution in [3.8, 4) is 0 Å². The van der Waals surface area contributed by atoms with Crippen LogP contribution in [0.2, 0.25) is 5.02 Å². The zero-order valence-corrected chi connectivity index (χ0v) is 10.5. The van der Waals surface area contributed by atoms with Gasteiger partial charge in [-0.25, -0.2) is 4.39 Å². The topological polar surface area (TPSA) is 38.4 Å². The van der Waals surface area contributed by atoms with Crippen molar-refractivity contribution in [3.63, 3.8) is 0 Å². The minimum atomic E-state index is -0.348. The predicted octanol–water partition coefficient (Wildman–Crippen LogP) is 3.18. The molecular weight excluding hydrogens is 227 g/mol. The molecule has 1 aromatic rings. The van der Waals surface area contributed by atoms with Crippen molar-refractivity contribution in [2.24, 2.45) is 10.7 Å². The molecule has 0 aliphatic heterocycles.